The van der Waals surface area contributed by atoms with E-state index in [1.54, 1.807) is 6.08 Å². The summed E-state index contributed by atoms with van der Waals surface area (Å²) in [6, 6.07) is 10.1. The Morgan fingerprint density at radius 1 is 1.23 bits per heavy atom. The lowest BCUT2D eigenvalue weighted by Crippen LogP contribution is -2.51. The summed E-state index contributed by atoms with van der Waals surface area (Å²) in [5.74, 6) is -0.804. The molecule has 5 heteroatoms. The van der Waals surface area contributed by atoms with Crippen LogP contribution in [0.3, 0.4) is 0 Å². The Bertz CT molecular complexity index is 987. The van der Waals surface area contributed by atoms with Crippen LogP contribution in [0.1, 0.15) is 38.7 Å². The Morgan fingerprint density at radius 3 is 2.57 bits per heavy atom. The van der Waals surface area contributed by atoms with Crippen molar-refractivity contribution in [3.05, 3.63) is 84.5 Å². The van der Waals surface area contributed by atoms with Crippen LogP contribution in [0.15, 0.2) is 78.9 Å². The maximum absolute atomic E-state index is 12.7. The first-order valence-corrected chi connectivity index (χ1v) is 12.6. The predicted octanol–water partition coefficient (Wildman–Crippen LogP) is 5.79. The Kier molecular flexibility index (Phi) is 7.80. The molecule has 0 radical (unpaired) electrons. The molecular formula is C30H38O5. The van der Waals surface area contributed by atoms with Gasteiger partial charge < -0.3 is 18.9 Å². The minimum absolute atomic E-state index is 0.0641. The van der Waals surface area contributed by atoms with Gasteiger partial charge in [-0.25, -0.2) is 4.79 Å². The average molecular weight is 479 g/mol. The molecule has 3 aliphatic rings. The molecule has 35 heavy (non-hydrogen) atoms. The monoisotopic (exact) mass is 478 g/mol. The highest BCUT2D eigenvalue weighted by Gasteiger charge is 2.64. The molecule has 0 unspecified atom stereocenters. The van der Waals surface area contributed by atoms with Crippen LogP contribution in [-0.4, -0.2) is 38.2 Å². The minimum Gasteiger partial charge on any atom is -0.462 e. The number of rotatable bonds is 10. The van der Waals surface area contributed by atoms with Crippen molar-refractivity contribution in [2.45, 2.75) is 45.5 Å². The second-order valence-corrected chi connectivity index (χ2v) is 10.1. The SMILES string of the molecule is C=C/C(=C/[C@@H](COCc1ccccc1)[C@@]12CC(=C)[C@@H](C1)C1(C[C@H]2C(=C)C)OCCO1)C(=O)OCC. The summed E-state index contributed by atoms with van der Waals surface area (Å²) in [6.45, 7) is 19.1. The normalized spacial score (nSPS) is 28.2. The molecule has 2 aliphatic carbocycles. The molecule has 0 N–H and O–H groups in total. The zero-order chi connectivity index (χ0) is 25.1. The van der Waals surface area contributed by atoms with E-state index in [2.05, 4.69) is 38.8 Å². The Morgan fingerprint density at radius 2 is 1.94 bits per heavy atom. The number of benzene rings is 1. The van der Waals surface area contributed by atoms with Crippen molar-refractivity contribution in [3.63, 3.8) is 0 Å². The number of fused-ring (bicyclic) bond motifs is 3. The van der Waals surface area contributed by atoms with Crippen molar-refractivity contribution < 1.29 is 23.7 Å². The van der Waals surface area contributed by atoms with E-state index in [4.69, 9.17) is 18.9 Å². The van der Waals surface area contributed by atoms with Crippen LogP contribution in [-0.2, 0) is 30.3 Å². The van der Waals surface area contributed by atoms with E-state index >= 15 is 0 Å². The zero-order valence-corrected chi connectivity index (χ0v) is 21.1. The molecule has 3 fully saturated rings. The van der Waals surface area contributed by atoms with Crippen LogP contribution in [0.2, 0.25) is 0 Å². The maximum atomic E-state index is 12.7. The van der Waals surface area contributed by atoms with Gasteiger partial charge in [0.15, 0.2) is 5.79 Å². The first-order chi connectivity index (χ1) is 16.8. The molecule has 2 bridgehead atoms. The second kappa shape index (κ2) is 10.7. The molecule has 4 rings (SSSR count). The van der Waals surface area contributed by atoms with Gasteiger partial charge in [-0.15, -0.1) is 0 Å². The second-order valence-electron chi connectivity index (χ2n) is 10.1. The van der Waals surface area contributed by atoms with Gasteiger partial charge in [0.2, 0.25) is 0 Å². The van der Waals surface area contributed by atoms with Crippen molar-refractivity contribution in [2.75, 3.05) is 26.4 Å². The molecule has 1 spiro atoms. The van der Waals surface area contributed by atoms with Gasteiger partial charge in [-0.1, -0.05) is 73.4 Å². The quantitative estimate of drug-likeness (QED) is 0.184. The lowest BCUT2D eigenvalue weighted by molar-refractivity contribution is -0.222. The summed E-state index contributed by atoms with van der Waals surface area (Å²) < 4.78 is 24.1. The first kappa shape index (κ1) is 25.6. The highest BCUT2D eigenvalue weighted by atomic mass is 16.7. The van der Waals surface area contributed by atoms with E-state index < -0.39 is 5.79 Å². The first-order valence-electron chi connectivity index (χ1n) is 12.6. The third kappa shape index (κ3) is 4.95. The largest absolute Gasteiger partial charge is 0.462 e. The molecule has 1 heterocycles. The predicted molar refractivity (Wildman–Crippen MR) is 136 cm³/mol. The fraction of sp³-hybridized carbons (Fsp3) is 0.500. The molecule has 1 aliphatic heterocycles. The molecule has 2 saturated carbocycles. The van der Waals surface area contributed by atoms with E-state index in [0.29, 0.717) is 38.6 Å². The third-order valence-electron chi connectivity index (χ3n) is 7.98. The van der Waals surface area contributed by atoms with Crippen LogP contribution in [0.25, 0.3) is 0 Å². The van der Waals surface area contributed by atoms with Crippen LogP contribution in [0, 0.1) is 23.2 Å². The van der Waals surface area contributed by atoms with Gasteiger partial charge in [-0.3, -0.25) is 0 Å². The van der Waals surface area contributed by atoms with Gasteiger partial charge in [-0.05, 0) is 43.6 Å². The topological polar surface area (TPSA) is 54.0 Å². The number of carbonyl (C=O) groups is 1. The number of hydrogen-bond acceptors (Lipinski definition) is 5. The van der Waals surface area contributed by atoms with Crippen molar-refractivity contribution in [3.8, 4) is 0 Å². The van der Waals surface area contributed by atoms with E-state index in [0.717, 1.165) is 36.0 Å². The average Bonchev–Trinajstić information content (AvgIpc) is 3.43. The summed E-state index contributed by atoms with van der Waals surface area (Å²) in [5, 5.41) is 0. The molecule has 188 valence electrons. The lowest BCUT2D eigenvalue weighted by Gasteiger charge is -2.51. The van der Waals surface area contributed by atoms with Crippen LogP contribution >= 0.6 is 0 Å². The van der Waals surface area contributed by atoms with Crippen LogP contribution in [0.4, 0.5) is 0 Å². The molecule has 0 amide bonds. The molecule has 1 aromatic carbocycles. The zero-order valence-electron chi connectivity index (χ0n) is 21.1. The lowest BCUT2D eigenvalue weighted by atomic mass is 9.57. The number of ether oxygens (including phenoxy) is 4. The van der Waals surface area contributed by atoms with Crippen LogP contribution < -0.4 is 0 Å². The minimum atomic E-state index is -0.623. The van der Waals surface area contributed by atoms with Gasteiger partial charge in [0, 0.05) is 18.3 Å². The van der Waals surface area contributed by atoms with Gasteiger partial charge >= 0.3 is 5.97 Å². The summed E-state index contributed by atoms with van der Waals surface area (Å²) in [7, 11) is 0. The van der Waals surface area contributed by atoms with E-state index in [1.807, 2.05) is 31.2 Å². The van der Waals surface area contributed by atoms with Gasteiger partial charge in [0.1, 0.15) is 0 Å². The van der Waals surface area contributed by atoms with E-state index in [1.165, 1.54) is 0 Å². The number of hydrogen-bond donors (Lipinski definition) is 0. The summed E-state index contributed by atoms with van der Waals surface area (Å²) in [4.78, 5) is 12.7. The smallest absolute Gasteiger partial charge is 0.337 e. The fourth-order valence-electron chi connectivity index (χ4n) is 6.41. The number of allylic oxidation sites excluding steroid dienone is 1. The Hall–Kier alpha value is -2.47. The Labute approximate surface area is 209 Å². The van der Waals surface area contributed by atoms with Gasteiger partial charge in [0.25, 0.3) is 0 Å². The molecule has 5 nitrogen and oxygen atoms in total. The standard InChI is InChI=1S/C30H38O5/c1-6-24(28(31)33-7-2)15-25(20-32-19-23-11-9-8-10-12-23)29-16-22(5)27(17-29)30(34-13-14-35-30)18-26(29)21(3)4/h6,8-12,15,25-27H,1,3,5,7,13-14,16-20H2,2,4H3/b24-15-/t25-,26-,27+,29+/m0/s1. The number of carbonyl (C=O) groups excluding carboxylic acids is 1. The van der Waals surface area contributed by atoms with Crippen molar-refractivity contribution in [2.24, 2.45) is 23.2 Å². The molecular weight excluding hydrogens is 440 g/mol. The highest BCUT2D eigenvalue weighted by molar-refractivity contribution is 5.91. The molecule has 1 aromatic rings. The molecule has 1 saturated heterocycles. The van der Waals surface area contributed by atoms with Crippen molar-refractivity contribution >= 4 is 5.97 Å². The summed E-state index contributed by atoms with van der Waals surface area (Å²) in [5.41, 5.74) is 3.62. The number of esters is 1. The summed E-state index contributed by atoms with van der Waals surface area (Å²) in [6.07, 6.45) is 6.00. The van der Waals surface area contributed by atoms with E-state index in [9.17, 15) is 4.79 Å². The molecule has 0 aromatic heterocycles. The summed E-state index contributed by atoms with van der Waals surface area (Å²) >= 11 is 0. The van der Waals surface area contributed by atoms with Gasteiger partial charge in [0.05, 0.1) is 38.6 Å². The van der Waals surface area contributed by atoms with Crippen molar-refractivity contribution in [1.82, 2.24) is 0 Å². The van der Waals surface area contributed by atoms with Gasteiger partial charge in [-0.2, -0.15) is 0 Å². The highest BCUT2D eigenvalue weighted by Crippen LogP contribution is 2.66. The third-order valence-corrected chi connectivity index (χ3v) is 7.98. The Balaban J connectivity index is 1.70. The molecule has 4 atom stereocenters. The maximum Gasteiger partial charge on any atom is 0.337 e. The van der Waals surface area contributed by atoms with E-state index in [-0.39, 0.29) is 29.1 Å². The fourth-order valence-corrected chi connectivity index (χ4v) is 6.41. The van der Waals surface area contributed by atoms with Crippen LogP contribution in [0.5, 0.6) is 0 Å². The van der Waals surface area contributed by atoms with Crippen molar-refractivity contribution in [1.29, 1.82) is 0 Å².